The summed E-state index contributed by atoms with van der Waals surface area (Å²) in [7, 11) is 7.52. The van der Waals surface area contributed by atoms with Crippen molar-refractivity contribution in [2.75, 3.05) is 46.3 Å². The van der Waals surface area contributed by atoms with E-state index in [0.717, 1.165) is 32.4 Å². The van der Waals surface area contributed by atoms with E-state index >= 15 is 0 Å². The second-order valence-corrected chi connectivity index (χ2v) is 5.15. The molecule has 0 saturated carbocycles. The summed E-state index contributed by atoms with van der Waals surface area (Å²) in [6, 6.07) is -0.150. The first-order valence-electron chi connectivity index (χ1n) is 7.07. The number of carbonyl (C=O) groups is 1. The van der Waals surface area contributed by atoms with Crippen molar-refractivity contribution in [3.05, 3.63) is 0 Å². The minimum Gasteiger partial charge on any atom is -0.311 e. The van der Waals surface area contributed by atoms with Gasteiger partial charge >= 0.3 is 0 Å². The summed E-state index contributed by atoms with van der Waals surface area (Å²) in [5.74, 6) is 0. The Bertz CT molecular complexity index is 242. The van der Waals surface area contributed by atoms with Gasteiger partial charge in [-0.05, 0) is 33.0 Å². The van der Waals surface area contributed by atoms with Crippen molar-refractivity contribution in [1.29, 1.82) is 0 Å². The van der Waals surface area contributed by atoms with E-state index in [-0.39, 0.29) is 11.7 Å². The third-order valence-corrected chi connectivity index (χ3v) is 3.61. The molecule has 0 spiro atoms. The van der Waals surface area contributed by atoms with Gasteiger partial charge < -0.3 is 19.9 Å². The van der Waals surface area contributed by atoms with Crippen LogP contribution in [0.3, 0.4) is 0 Å². The molecule has 0 amide bonds. The van der Waals surface area contributed by atoms with Crippen LogP contribution in [0.1, 0.15) is 26.2 Å². The molecule has 102 valence electrons. The van der Waals surface area contributed by atoms with Crippen molar-refractivity contribution >= 4 is 13.5 Å². The molecule has 1 aliphatic rings. The highest BCUT2D eigenvalue weighted by molar-refractivity contribution is 6.59. The second kappa shape index (κ2) is 8.67. The number of piperazine rings is 1. The summed E-state index contributed by atoms with van der Waals surface area (Å²) in [6.07, 6.45) is 3.07. The molecule has 1 aliphatic heterocycles. The molecule has 1 saturated heterocycles. The van der Waals surface area contributed by atoms with E-state index in [4.69, 9.17) is 7.85 Å². The van der Waals surface area contributed by atoms with E-state index in [1.807, 2.05) is 6.92 Å². The molecular formula is C13H26BN3O. The van der Waals surface area contributed by atoms with Crippen molar-refractivity contribution in [2.45, 2.75) is 32.2 Å². The maximum atomic E-state index is 11.2. The van der Waals surface area contributed by atoms with Gasteiger partial charge in [0.1, 0.15) is 0 Å². The lowest BCUT2D eigenvalue weighted by Gasteiger charge is -2.32. The fourth-order valence-electron chi connectivity index (χ4n) is 2.35. The van der Waals surface area contributed by atoms with Crippen LogP contribution in [-0.4, -0.2) is 75.7 Å². The predicted molar refractivity (Wildman–Crippen MR) is 76.0 cm³/mol. The van der Waals surface area contributed by atoms with E-state index in [2.05, 4.69) is 22.2 Å². The highest BCUT2D eigenvalue weighted by Crippen LogP contribution is 2.05. The zero-order valence-electron chi connectivity index (χ0n) is 11.8. The molecule has 1 N–H and O–H groups in total. The fourth-order valence-corrected chi connectivity index (χ4v) is 2.35. The molecule has 5 heteroatoms. The Hall–Kier alpha value is -0.385. The average molecular weight is 251 g/mol. The molecule has 1 rings (SSSR count). The summed E-state index contributed by atoms with van der Waals surface area (Å²) >= 11 is 0. The Kier molecular flexibility index (Phi) is 7.55. The Balaban J connectivity index is 2.08. The summed E-state index contributed by atoms with van der Waals surface area (Å²) in [6.45, 7) is 8.62. The van der Waals surface area contributed by atoms with Gasteiger partial charge in [-0.1, -0.05) is 13.3 Å². The van der Waals surface area contributed by atoms with E-state index in [1.165, 1.54) is 26.2 Å². The first-order chi connectivity index (χ1) is 8.63. The van der Waals surface area contributed by atoms with E-state index in [0.29, 0.717) is 0 Å². The number of nitrogens with one attached hydrogen (secondary N) is 1. The highest BCUT2D eigenvalue weighted by atomic mass is 16.1. The maximum absolute atomic E-state index is 11.2. The monoisotopic (exact) mass is 251 g/mol. The Labute approximate surface area is 112 Å². The van der Waals surface area contributed by atoms with Crippen LogP contribution >= 0.6 is 0 Å². The molecule has 18 heavy (non-hydrogen) atoms. The molecule has 1 fully saturated rings. The average Bonchev–Trinajstić information content (AvgIpc) is 2.35. The Morgan fingerprint density at radius 3 is 2.50 bits per heavy atom. The summed E-state index contributed by atoms with van der Waals surface area (Å²) in [5.41, 5.74) is -0.226. The van der Waals surface area contributed by atoms with Gasteiger partial charge in [0, 0.05) is 26.2 Å². The lowest BCUT2D eigenvalue weighted by Crippen LogP contribution is -2.44. The number of carbonyl (C=O) groups excluding carboxylic acids is 1. The van der Waals surface area contributed by atoms with Crippen LogP contribution in [0, 0.1) is 0 Å². The summed E-state index contributed by atoms with van der Waals surface area (Å²) in [5, 5.41) is 3.13. The van der Waals surface area contributed by atoms with Crippen LogP contribution in [0.2, 0.25) is 0 Å². The number of likely N-dealkylation sites (N-methyl/N-ethyl adjacent to an activating group) is 2. The molecule has 0 aromatic carbocycles. The van der Waals surface area contributed by atoms with Crippen molar-refractivity contribution in [2.24, 2.45) is 0 Å². The molecule has 0 aliphatic carbocycles. The molecule has 1 atom stereocenters. The fraction of sp³-hybridized carbons (Fsp3) is 0.923. The van der Waals surface area contributed by atoms with Crippen molar-refractivity contribution < 1.29 is 4.79 Å². The van der Waals surface area contributed by atoms with Gasteiger partial charge in [0.2, 0.25) is 0 Å². The second-order valence-electron chi connectivity index (χ2n) is 5.15. The number of hydrogen-bond acceptors (Lipinski definition) is 4. The van der Waals surface area contributed by atoms with Crippen LogP contribution in [-0.2, 0) is 4.79 Å². The zero-order chi connectivity index (χ0) is 13.4. The van der Waals surface area contributed by atoms with Crippen molar-refractivity contribution in [1.82, 2.24) is 15.1 Å². The van der Waals surface area contributed by atoms with Crippen molar-refractivity contribution in [3.63, 3.8) is 0 Å². The molecule has 0 bridgehead atoms. The molecule has 2 radical (unpaired) electrons. The lowest BCUT2D eigenvalue weighted by molar-refractivity contribution is -0.113. The zero-order valence-corrected chi connectivity index (χ0v) is 11.8. The van der Waals surface area contributed by atoms with Gasteiger partial charge in [0.05, 0.1) is 11.7 Å². The number of nitrogens with zero attached hydrogens (tertiary/aromatic N) is 2. The first-order valence-corrected chi connectivity index (χ1v) is 7.07. The van der Waals surface area contributed by atoms with Gasteiger partial charge in [-0.2, -0.15) is 0 Å². The number of rotatable bonds is 8. The first kappa shape index (κ1) is 15.7. The van der Waals surface area contributed by atoms with E-state index < -0.39 is 0 Å². The topological polar surface area (TPSA) is 35.6 Å². The lowest BCUT2D eigenvalue weighted by atomic mass is 9.91. The third kappa shape index (κ3) is 5.98. The molecular weight excluding hydrogens is 225 g/mol. The Morgan fingerprint density at radius 1 is 1.28 bits per heavy atom. The summed E-state index contributed by atoms with van der Waals surface area (Å²) < 4.78 is 0. The van der Waals surface area contributed by atoms with Gasteiger partial charge in [0.15, 0.2) is 7.85 Å². The van der Waals surface area contributed by atoms with Crippen LogP contribution in [0.25, 0.3) is 0 Å². The molecule has 1 heterocycles. The van der Waals surface area contributed by atoms with Gasteiger partial charge in [0.25, 0.3) is 0 Å². The van der Waals surface area contributed by atoms with Gasteiger partial charge in [-0.15, -0.1) is 0 Å². The largest absolute Gasteiger partial charge is 0.311 e. The standard InChI is InChI=1S/C13H26BN3O/c1-3-15-12(13(14)18)6-4-5-7-17-10-8-16(2)9-11-17/h12,15H,3-11H2,1-2H3/t12-/m0/s1. The van der Waals surface area contributed by atoms with Crippen LogP contribution in [0.15, 0.2) is 0 Å². The molecule has 0 aromatic heterocycles. The molecule has 0 aromatic rings. The van der Waals surface area contributed by atoms with E-state index in [1.54, 1.807) is 0 Å². The van der Waals surface area contributed by atoms with Gasteiger partial charge in [-0.3, -0.25) is 0 Å². The van der Waals surface area contributed by atoms with Gasteiger partial charge in [-0.25, -0.2) is 0 Å². The molecule has 4 nitrogen and oxygen atoms in total. The third-order valence-electron chi connectivity index (χ3n) is 3.61. The van der Waals surface area contributed by atoms with Crippen molar-refractivity contribution in [3.8, 4) is 0 Å². The summed E-state index contributed by atoms with van der Waals surface area (Å²) in [4.78, 5) is 16.0. The quantitative estimate of drug-likeness (QED) is 0.489. The predicted octanol–water partition coefficient (Wildman–Crippen LogP) is 0.0773. The van der Waals surface area contributed by atoms with Crippen LogP contribution in [0.4, 0.5) is 0 Å². The number of unbranched alkanes of at least 4 members (excludes halogenated alkanes) is 1. The van der Waals surface area contributed by atoms with E-state index in [9.17, 15) is 4.79 Å². The molecule has 0 unspecified atom stereocenters. The minimum absolute atomic E-state index is 0.150. The number of hydrogen-bond donors (Lipinski definition) is 1. The van der Waals surface area contributed by atoms with Crippen LogP contribution in [0.5, 0.6) is 0 Å². The van der Waals surface area contributed by atoms with Crippen LogP contribution < -0.4 is 5.32 Å². The highest BCUT2D eigenvalue weighted by Gasteiger charge is 2.14. The maximum Gasteiger partial charge on any atom is 0.170 e. The minimum atomic E-state index is -0.226. The Morgan fingerprint density at radius 2 is 1.94 bits per heavy atom. The normalized spacial score (nSPS) is 19.9. The SMILES string of the molecule is [B]C(=O)[C@H](CCCCN1CCN(C)CC1)NCC. The smallest absolute Gasteiger partial charge is 0.170 e.